The lowest BCUT2D eigenvalue weighted by Crippen LogP contribution is -2.49. The summed E-state index contributed by atoms with van der Waals surface area (Å²) in [6, 6.07) is 2.92. The van der Waals surface area contributed by atoms with Gasteiger partial charge in [0, 0.05) is 30.3 Å². The second-order valence-electron chi connectivity index (χ2n) is 7.35. The van der Waals surface area contributed by atoms with Gasteiger partial charge in [0.15, 0.2) is 0 Å². The highest BCUT2D eigenvalue weighted by Gasteiger charge is 2.47. The van der Waals surface area contributed by atoms with Gasteiger partial charge in [-0.2, -0.15) is 0 Å². The molecule has 1 aliphatic rings. The van der Waals surface area contributed by atoms with Crippen LogP contribution < -0.4 is 0 Å². The van der Waals surface area contributed by atoms with Crippen molar-refractivity contribution in [2.45, 2.75) is 58.9 Å². The summed E-state index contributed by atoms with van der Waals surface area (Å²) in [5.74, 6) is -1.68. The molecule has 0 saturated carbocycles. The van der Waals surface area contributed by atoms with Gasteiger partial charge in [-0.3, -0.25) is 14.6 Å². The zero-order valence-electron chi connectivity index (χ0n) is 16.0. The summed E-state index contributed by atoms with van der Waals surface area (Å²) in [7, 11) is 0. The van der Waals surface area contributed by atoms with Gasteiger partial charge in [-0.05, 0) is 37.0 Å². The molecule has 1 saturated heterocycles. The summed E-state index contributed by atoms with van der Waals surface area (Å²) >= 11 is 0. The topological polar surface area (TPSA) is 76.6 Å². The number of likely N-dealkylation sites (tertiary alicyclic amines) is 1. The lowest BCUT2D eigenvalue weighted by Gasteiger charge is -2.29. The van der Waals surface area contributed by atoms with Crippen LogP contribution in [-0.2, 0) is 19.1 Å². The Hall–Kier alpha value is -2.24. The maximum absolute atomic E-state index is 12.9. The highest BCUT2D eigenvalue weighted by atomic mass is 16.5. The molecule has 6 heteroatoms. The smallest absolute Gasteiger partial charge is 0.329 e. The monoisotopic (exact) mass is 360 g/mol. The summed E-state index contributed by atoms with van der Waals surface area (Å²) in [5, 5.41) is 0. The molecule has 1 aliphatic heterocycles. The Labute approximate surface area is 154 Å². The standard InChI is InChI=1S/C20H28N2O4/c1-5-13-26-19(25)16-15(14-7-10-21-11-8-14)9-12-22(16)18(24)17(23)20(3,4)6-2/h7-8,10-11,15-16H,5-6,9,12-13H2,1-4H3/t15?,16-/m0/s1. The molecule has 1 amide bonds. The molecule has 2 heterocycles. The molecule has 0 aromatic carbocycles. The molecule has 0 N–H and O–H groups in total. The van der Waals surface area contributed by atoms with E-state index in [4.69, 9.17) is 4.74 Å². The van der Waals surface area contributed by atoms with E-state index < -0.39 is 29.1 Å². The molecular weight excluding hydrogens is 332 g/mol. The fourth-order valence-corrected chi connectivity index (χ4v) is 3.14. The first-order valence-corrected chi connectivity index (χ1v) is 9.25. The predicted octanol–water partition coefficient (Wildman–Crippen LogP) is 2.72. The third-order valence-corrected chi connectivity index (χ3v) is 5.18. The number of ketones is 1. The quantitative estimate of drug-likeness (QED) is 0.552. The third-order valence-electron chi connectivity index (χ3n) is 5.18. The molecular formula is C20H28N2O4. The van der Waals surface area contributed by atoms with E-state index in [1.807, 2.05) is 26.0 Å². The van der Waals surface area contributed by atoms with E-state index in [0.29, 0.717) is 32.4 Å². The second-order valence-corrected chi connectivity index (χ2v) is 7.35. The Morgan fingerprint density at radius 1 is 1.23 bits per heavy atom. The Morgan fingerprint density at radius 3 is 2.46 bits per heavy atom. The fourth-order valence-electron chi connectivity index (χ4n) is 3.14. The number of Topliss-reactive ketones (excluding diaryl/α,β-unsaturated/α-hetero) is 1. The van der Waals surface area contributed by atoms with Gasteiger partial charge in [0.1, 0.15) is 6.04 Å². The fraction of sp³-hybridized carbons (Fsp3) is 0.600. The van der Waals surface area contributed by atoms with Crippen LogP contribution in [0.3, 0.4) is 0 Å². The average Bonchev–Trinajstić information content (AvgIpc) is 3.10. The van der Waals surface area contributed by atoms with Gasteiger partial charge in [0.25, 0.3) is 5.91 Å². The van der Waals surface area contributed by atoms with Crippen LogP contribution in [0.5, 0.6) is 0 Å². The Morgan fingerprint density at radius 2 is 1.88 bits per heavy atom. The van der Waals surface area contributed by atoms with Gasteiger partial charge >= 0.3 is 5.97 Å². The number of hydrogen-bond donors (Lipinski definition) is 0. The van der Waals surface area contributed by atoms with Gasteiger partial charge in [-0.15, -0.1) is 0 Å². The third kappa shape index (κ3) is 4.11. The van der Waals surface area contributed by atoms with Gasteiger partial charge in [-0.25, -0.2) is 4.79 Å². The molecule has 2 rings (SSSR count). The number of esters is 1. The number of carbonyl (C=O) groups is 3. The lowest BCUT2D eigenvalue weighted by atomic mass is 9.84. The zero-order chi connectivity index (χ0) is 19.3. The van der Waals surface area contributed by atoms with Crippen LogP contribution in [0.4, 0.5) is 0 Å². The van der Waals surface area contributed by atoms with Crippen molar-refractivity contribution in [1.29, 1.82) is 0 Å². The minimum Gasteiger partial charge on any atom is -0.464 e. The first kappa shape index (κ1) is 20.1. The van der Waals surface area contributed by atoms with Crippen molar-refractivity contribution < 1.29 is 19.1 Å². The molecule has 0 spiro atoms. The Kier molecular flexibility index (Phi) is 6.51. The van der Waals surface area contributed by atoms with Crippen molar-refractivity contribution in [3.05, 3.63) is 30.1 Å². The molecule has 0 bridgehead atoms. The van der Waals surface area contributed by atoms with Crippen LogP contribution in [0.25, 0.3) is 0 Å². The minimum atomic E-state index is -0.770. The number of aromatic nitrogens is 1. The van der Waals surface area contributed by atoms with E-state index in [0.717, 1.165) is 5.56 Å². The number of carbonyl (C=O) groups excluding carboxylic acids is 3. The molecule has 0 radical (unpaired) electrons. The highest BCUT2D eigenvalue weighted by molar-refractivity contribution is 6.38. The molecule has 1 fully saturated rings. The lowest BCUT2D eigenvalue weighted by molar-refractivity contribution is -0.157. The molecule has 1 aromatic heterocycles. The summed E-state index contributed by atoms with van der Waals surface area (Å²) < 4.78 is 5.34. The van der Waals surface area contributed by atoms with E-state index >= 15 is 0 Å². The summed E-state index contributed by atoms with van der Waals surface area (Å²) in [5.41, 5.74) is 0.180. The van der Waals surface area contributed by atoms with E-state index in [9.17, 15) is 14.4 Å². The average molecular weight is 360 g/mol. The van der Waals surface area contributed by atoms with Crippen molar-refractivity contribution in [3.63, 3.8) is 0 Å². The van der Waals surface area contributed by atoms with Crippen LogP contribution in [-0.4, -0.2) is 46.7 Å². The first-order valence-electron chi connectivity index (χ1n) is 9.25. The van der Waals surface area contributed by atoms with E-state index in [2.05, 4.69) is 4.98 Å². The van der Waals surface area contributed by atoms with Crippen LogP contribution in [0.15, 0.2) is 24.5 Å². The van der Waals surface area contributed by atoms with Crippen molar-refractivity contribution in [3.8, 4) is 0 Å². The first-order chi connectivity index (χ1) is 12.3. The summed E-state index contributed by atoms with van der Waals surface area (Å²) in [6.07, 6.45) is 5.21. The van der Waals surface area contributed by atoms with Crippen molar-refractivity contribution in [2.24, 2.45) is 5.41 Å². The molecule has 26 heavy (non-hydrogen) atoms. The Bertz CT molecular complexity index is 657. The van der Waals surface area contributed by atoms with Crippen LogP contribution in [0, 0.1) is 5.41 Å². The van der Waals surface area contributed by atoms with Crippen LogP contribution in [0.2, 0.25) is 0 Å². The van der Waals surface area contributed by atoms with Gasteiger partial charge < -0.3 is 9.64 Å². The van der Waals surface area contributed by atoms with E-state index in [1.54, 1.807) is 26.2 Å². The largest absolute Gasteiger partial charge is 0.464 e. The number of amides is 1. The molecule has 6 nitrogen and oxygen atoms in total. The maximum atomic E-state index is 12.9. The highest BCUT2D eigenvalue weighted by Crippen LogP contribution is 2.35. The van der Waals surface area contributed by atoms with Crippen molar-refractivity contribution >= 4 is 17.7 Å². The van der Waals surface area contributed by atoms with Crippen molar-refractivity contribution in [1.82, 2.24) is 9.88 Å². The van der Waals surface area contributed by atoms with Crippen LogP contribution >= 0.6 is 0 Å². The van der Waals surface area contributed by atoms with Crippen LogP contribution in [0.1, 0.15) is 58.4 Å². The number of rotatable bonds is 7. The molecule has 0 aliphatic carbocycles. The normalized spacial score (nSPS) is 20.1. The molecule has 1 unspecified atom stereocenters. The number of nitrogens with zero attached hydrogens (tertiary/aromatic N) is 2. The minimum absolute atomic E-state index is 0.191. The predicted molar refractivity (Wildman–Crippen MR) is 97.4 cm³/mol. The summed E-state index contributed by atoms with van der Waals surface area (Å²) in [4.78, 5) is 43.6. The zero-order valence-corrected chi connectivity index (χ0v) is 16.0. The number of pyridine rings is 1. The van der Waals surface area contributed by atoms with Gasteiger partial charge in [0.05, 0.1) is 6.61 Å². The van der Waals surface area contributed by atoms with E-state index in [-0.39, 0.29) is 5.92 Å². The number of ether oxygens (including phenoxy) is 1. The maximum Gasteiger partial charge on any atom is 0.329 e. The second kappa shape index (κ2) is 8.43. The van der Waals surface area contributed by atoms with Crippen molar-refractivity contribution in [2.75, 3.05) is 13.2 Å². The van der Waals surface area contributed by atoms with Gasteiger partial charge in [0.2, 0.25) is 5.78 Å². The van der Waals surface area contributed by atoms with Gasteiger partial charge in [-0.1, -0.05) is 27.7 Å². The SMILES string of the molecule is CCCOC(=O)[C@@H]1C(c2ccncc2)CCN1C(=O)C(=O)C(C)(C)CC. The molecule has 2 atom stereocenters. The number of hydrogen-bond acceptors (Lipinski definition) is 5. The Balaban J connectivity index is 2.31. The summed E-state index contributed by atoms with van der Waals surface area (Å²) in [6.45, 7) is 7.97. The van der Waals surface area contributed by atoms with E-state index in [1.165, 1.54) is 4.90 Å². The molecule has 142 valence electrons. The molecule has 1 aromatic rings.